The Morgan fingerprint density at radius 3 is 2.38 bits per heavy atom. The normalized spacial score (nSPS) is 19.1. The highest BCUT2D eigenvalue weighted by Gasteiger charge is 2.44. The first-order valence-electron chi connectivity index (χ1n) is 11.5. The molecule has 3 aliphatic rings. The first kappa shape index (κ1) is 21.7. The van der Waals surface area contributed by atoms with Crippen molar-refractivity contribution < 1.29 is 14.4 Å². The summed E-state index contributed by atoms with van der Waals surface area (Å²) in [6, 6.07) is 8.92. The van der Waals surface area contributed by atoms with Gasteiger partial charge in [0, 0.05) is 36.3 Å². The second-order valence-electron chi connectivity index (χ2n) is 9.55. The number of pyridine rings is 1. The molecular weight excluding hydrogens is 473 g/mol. The Hall–Kier alpha value is -2.83. The number of hydrogen-bond donors (Lipinski definition) is 1. The monoisotopic (exact) mass is 495 g/mol. The molecule has 3 heterocycles. The third-order valence-corrected chi connectivity index (χ3v) is 7.92. The maximum absolute atomic E-state index is 11.1. The molecule has 0 radical (unpaired) electrons. The van der Waals surface area contributed by atoms with Gasteiger partial charge in [0.15, 0.2) is 0 Å². The molecule has 3 aromatic rings. The van der Waals surface area contributed by atoms with Crippen molar-refractivity contribution in [3.05, 3.63) is 69.5 Å². The highest BCUT2D eigenvalue weighted by atomic mass is 35.5. The van der Waals surface area contributed by atoms with Crippen LogP contribution in [-0.4, -0.2) is 34.3 Å². The van der Waals surface area contributed by atoms with Crippen molar-refractivity contribution in [3.8, 4) is 11.3 Å². The summed E-state index contributed by atoms with van der Waals surface area (Å²) in [5.41, 5.74) is 4.20. The van der Waals surface area contributed by atoms with Crippen molar-refractivity contribution in [2.45, 2.75) is 38.0 Å². The van der Waals surface area contributed by atoms with Crippen LogP contribution >= 0.6 is 23.2 Å². The van der Waals surface area contributed by atoms with Crippen LogP contribution in [0.5, 0.6) is 0 Å². The van der Waals surface area contributed by atoms with Crippen LogP contribution in [0, 0.1) is 5.41 Å². The smallest absolute Gasteiger partial charge is 0.337 e. The van der Waals surface area contributed by atoms with Gasteiger partial charge in [0.1, 0.15) is 17.3 Å². The number of aromatic nitrogens is 2. The van der Waals surface area contributed by atoms with Crippen molar-refractivity contribution >= 4 is 40.6 Å². The largest absolute Gasteiger partial charge is 0.478 e. The van der Waals surface area contributed by atoms with Gasteiger partial charge in [0.2, 0.25) is 0 Å². The van der Waals surface area contributed by atoms with Crippen LogP contribution in [0.25, 0.3) is 16.8 Å². The van der Waals surface area contributed by atoms with Crippen LogP contribution in [0.3, 0.4) is 0 Å². The summed E-state index contributed by atoms with van der Waals surface area (Å²) in [5.74, 6) is 1.26. The molecular formula is C26H23Cl2N3O3. The van der Waals surface area contributed by atoms with Gasteiger partial charge in [-0.25, -0.2) is 9.78 Å². The lowest BCUT2D eigenvalue weighted by molar-refractivity contribution is 0.0696. The van der Waals surface area contributed by atoms with Crippen molar-refractivity contribution in [1.29, 1.82) is 0 Å². The standard InChI is InChI=1S/C26H23Cl2N3O3/c27-18-2-1-3-19(28)22(18)23-21(24(34-30-23)15-4-5-15)17-12-26(13-17)8-10-31(11-9-26)20-7-6-16(14-29-20)25(32)33/h1-3,6-7,12,14-15H,4-5,8-11,13H2,(H,32,33). The average Bonchev–Trinajstić information content (AvgIpc) is 3.57. The third-order valence-electron chi connectivity index (χ3n) is 7.29. The number of anilines is 1. The fourth-order valence-electron chi connectivity index (χ4n) is 5.21. The number of carboxylic acid groups (broad SMARTS) is 1. The highest BCUT2D eigenvalue weighted by Crippen LogP contribution is 2.56. The van der Waals surface area contributed by atoms with E-state index in [4.69, 9.17) is 32.8 Å². The van der Waals surface area contributed by atoms with Gasteiger partial charge in [-0.1, -0.05) is 40.5 Å². The second kappa shape index (κ2) is 8.14. The summed E-state index contributed by atoms with van der Waals surface area (Å²) in [6.07, 6.45) is 9.09. The van der Waals surface area contributed by atoms with Gasteiger partial charge in [-0.15, -0.1) is 0 Å². The van der Waals surface area contributed by atoms with Gasteiger partial charge in [0.25, 0.3) is 0 Å². The number of carboxylic acids is 1. The van der Waals surface area contributed by atoms with Crippen molar-refractivity contribution in [2.24, 2.45) is 5.41 Å². The zero-order valence-electron chi connectivity index (χ0n) is 18.4. The fourth-order valence-corrected chi connectivity index (χ4v) is 5.79. The van der Waals surface area contributed by atoms with Gasteiger partial charge in [-0.2, -0.15) is 0 Å². The predicted molar refractivity (Wildman–Crippen MR) is 132 cm³/mol. The van der Waals surface area contributed by atoms with E-state index < -0.39 is 5.97 Å². The quantitative estimate of drug-likeness (QED) is 0.424. The van der Waals surface area contributed by atoms with Crippen LogP contribution in [0.2, 0.25) is 10.0 Å². The third kappa shape index (κ3) is 3.69. The van der Waals surface area contributed by atoms with Gasteiger partial charge in [-0.05, 0) is 67.4 Å². The number of aromatic carboxylic acids is 1. The SMILES string of the molecule is O=C(O)c1ccc(N2CCC3(C=C(c4c(-c5c(Cl)cccc5Cl)noc4C4CC4)C3)CC2)nc1. The van der Waals surface area contributed by atoms with Crippen molar-refractivity contribution in [1.82, 2.24) is 10.1 Å². The van der Waals surface area contributed by atoms with E-state index in [9.17, 15) is 4.79 Å². The molecule has 1 saturated heterocycles. The average molecular weight is 496 g/mol. The Balaban J connectivity index is 1.25. The predicted octanol–water partition coefficient (Wildman–Crippen LogP) is 6.69. The molecule has 2 fully saturated rings. The van der Waals surface area contributed by atoms with E-state index in [2.05, 4.69) is 21.1 Å². The topological polar surface area (TPSA) is 79.5 Å². The van der Waals surface area contributed by atoms with Crippen molar-refractivity contribution in [2.75, 3.05) is 18.0 Å². The maximum atomic E-state index is 11.1. The maximum Gasteiger partial charge on any atom is 0.337 e. The van der Waals surface area contributed by atoms with E-state index in [0.717, 1.165) is 73.6 Å². The lowest BCUT2D eigenvalue weighted by Gasteiger charge is -2.46. The van der Waals surface area contributed by atoms with Crippen LogP contribution in [0.1, 0.15) is 59.7 Å². The zero-order valence-corrected chi connectivity index (χ0v) is 19.9. The summed E-state index contributed by atoms with van der Waals surface area (Å²) in [6.45, 7) is 1.76. The number of carbonyl (C=O) groups is 1. The van der Waals surface area contributed by atoms with Crippen LogP contribution in [0.4, 0.5) is 5.82 Å². The lowest BCUT2D eigenvalue weighted by Crippen LogP contribution is -2.42. The molecule has 1 aromatic carbocycles. The number of halogens is 2. The van der Waals surface area contributed by atoms with Crippen molar-refractivity contribution in [3.63, 3.8) is 0 Å². The summed E-state index contributed by atoms with van der Waals surface area (Å²) in [5, 5.41) is 14.7. The lowest BCUT2D eigenvalue weighted by atomic mass is 9.63. The van der Waals surface area contributed by atoms with Gasteiger partial charge >= 0.3 is 5.97 Å². The van der Waals surface area contributed by atoms with E-state index in [1.807, 2.05) is 18.2 Å². The fraction of sp³-hybridized carbons (Fsp3) is 0.346. The molecule has 1 N–H and O–H groups in total. The number of allylic oxidation sites excluding steroid dienone is 2. The number of piperidine rings is 1. The van der Waals surface area contributed by atoms with Crippen LogP contribution in [0.15, 0.2) is 47.1 Å². The second-order valence-corrected chi connectivity index (χ2v) is 10.4. The van der Waals surface area contributed by atoms with Crippen LogP contribution < -0.4 is 4.90 Å². The molecule has 34 heavy (non-hydrogen) atoms. The minimum absolute atomic E-state index is 0.159. The Morgan fingerprint density at radius 2 is 1.79 bits per heavy atom. The number of hydrogen-bond acceptors (Lipinski definition) is 5. The first-order chi connectivity index (χ1) is 16.4. The number of benzene rings is 1. The van der Waals surface area contributed by atoms with Gasteiger partial charge < -0.3 is 14.5 Å². The molecule has 0 bridgehead atoms. The molecule has 0 atom stereocenters. The van der Waals surface area contributed by atoms with E-state index in [-0.39, 0.29) is 11.0 Å². The van der Waals surface area contributed by atoms with E-state index >= 15 is 0 Å². The molecule has 1 saturated carbocycles. The molecule has 174 valence electrons. The summed E-state index contributed by atoms with van der Waals surface area (Å²) in [7, 11) is 0. The summed E-state index contributed by atoms with van der Waals surface area (Å²) in [4.78, 5) is 17.7. The molecule has 0 unspecified atom stereocenters. The molecule has 6 rings (SSSR count). The molecule has 8 heteroatoms. The van der Waals surface area contributed by atoms with E-state index in [1.54, 1.807) is 12.1 Å². The summed E-state index contributed by atoms with van der Waals surface area (Å²) >= 11 is 13.0. The van der Waals surface area contributed by atoms with Crippen LogP contribution in [-0.2, 0) is 0 Å². The Kier molecular flexibility index (Phi) is 5.19. The molecule has 0 amide bonds. The number of rotatable bonds is 5. The minimum Gasteiger partial charge on any atom is -0.478 e. The molecule has 6 nitrogen and oxygen atoms in total. The van der Waals surface area contributed by atoms with E-state index in [0.29, 0.717) is 16.0 Å². The molecule has 1 spiro atoms. The first-order valence-corrected chi connectivity index (χ1v) is 12.3. The van der Waals surface area contributed by atoms with E-state index in [1.165, 1.54) is 11.8 Å². The summed E-state index contributed by atoms with van der Waals surface area (Å²) < 4.78 is 5.85. The van der Waals surface area contributed by atoms with Gasteiger partial charge in [-0.3, -0.25) is 0 Å². The molecule has 1 aliphatic heterocycles. The highest BCUT2D eigenvalue weighted by molar-refractivity contribution is 6.39. The zero-order chi connectivity index (χ0) is 23.4. The Labute approximate surface area is 207 Å². The Morgan fingerprint density at radius 1 is 1.09 bits per heavy atom. The Bertz CT molecular complexity index is 1280. The van der Waals surface area contributed by atoms with Gasteiger partial charge in [0.05, 0.1) is 15.6 Å². The molecule has 2 aliphatic carbocycles. The molecule has 2 aromatic heterocycles. The number of nitrogens with zero attached hydrogens (tertiary/aromatic N) is 3. The minimum atomic E-state index is -0.958.